The summed E-state index contributed by atoms with van der Waals surface area (Å²) in [6, 6.07) is 0.787. The van der Waals surface area contributed by atoms with Gasteiger partial charge in [-0.3, -0.25) is 0 Å². The molecule has 0 radical (unpaired) electrons. The van der Waals surface area contributed by atoms with Gasteiger partial charge in [0.05, 0.1) is 6.61 Å². The summed E-state index contributed by atoms with van der Waals surface area (Å²) in [6.07, 6.45) is 6.69. The maximum absolute atomic E-state index is 5.38. The van der Waals surface area contributed by atoms with Gasteiger partial charge in [0.15, 0.2) is 0 Å². The fourth-order valence-corrected chi connectivity index (χ4v) is 1.71. The van der Waals surface area contributed by atoms with Gasteiger partial charge < -0.3 is 10.1 Å². The van der Waals surface area contributed by atoms with Crippen molar-refractivity contribution in [2.45, 2.75) is 45.1 Å². The minimum Gasteiger partial charge on any atom is -0.380 e. The van der Waals surface area contributed by atoms with E-state index in [1.807, 2.05) is 0 Å². The van der Waals surface area contributed by atoms with Gasteiger partial charge in [-0.2, -0.15) is 0 Å². The van der Waals surface area contributed by atoms with Crippen molar-refractivity contribution in [3.05, 3.63) is 0 Å². The fourth-order valence-electron chi connectivity index (χ4n) is 1.71. The number of nitrogens with one attached hydrogen (secondary N) is 1. The first-order valence-corrected chi connectivity index (χ1v) is 5.24. The highest BCUT2D eigenvalue weighted by atomic mass is 16.5. The maximum atomic E-state index is 5.38. The van der Waals surface area contributed by atoms with Gasteiger partial charge in [0.2, 0.25) is 0 Å². The number of ether oxygens (including phenoxy) is 1. The van der Waals surface area contributed by atoms with Crippen LogP contribution in [0.2, 0.25) is 0 Å². The third kappa shape index (κ3) is 4.07. The van der Waals surface area contributed by atoms with Crippen LogP contribution in [0.4, 0.5) is 0 Å². The van der Waals surface area contributed by atoms with Gasteiger partial charge in [-0.1, -0.05) is 19.8 Å². The second-order valence-corrected chi connectivity index (χ2v) is 3.55. The lowest BCUT2D eigenvalue weighted by molar-refractivity contribution is 0.134. The summed E-state index contributed by atoms with van der Waals surface area (Å²) in [5.74, 6) is 0. The molecule has 0 aromatic carbocycles. The highest BCUT2D eigenvalue weighted by Crippen LogP contribution is 2.17. The molecule has 0 aromatic heterocycles. The van der Waals surface area contributed by atoms with E-state index in [1.165, 1.54) is 25.7 Å². The van der Waals surface area contributed by atoms with E-state index in [0.717, 1.165) is 32.2 Å². The molecular formula is C10H21NO. The second-order valence-electron chi connectivity index (χ2n) is 3.55. The van der Waals surface area contributed by atoms with Crippen LogP contribution < -0.4 is 5.32 Å². The van der Waals surface area contributed by atoms with Crippen LogP contribution in [0.15, 0.2) is 0 Å². The first-order chi connectivity index (χ1) is 5.93. The molecule has 0 heterocycles. The first kappa shape index (κ1) is 10.0. The molecule has 1 saturated carbocycles. The lowest BCUT2D eigenvalue weighted by Gasteiger charge is -2.11. The average molecular weight is 171 g/mol. The summed E-state index contributed by atoms with van der Waals surface area (Å²) in [6.45, 7) is 4.96. The molecule has 0 unspecified atom stereocenters. The van der Waals surface area contributed by atoms with Crippen LogP contribution in [-0.2, 0) is 4.74 Å². The Bertz CT molecular complexity index is 100. The minimum atomic E-state index is 0.787. The Kier molecular flexibility index (Phi) is 5.37. The van der Waals surface area contributed by atoms with Crippen molar-refractivity contribution in [2.75, 3.05) is 19.8 Å². The Balaban J connectivity index is 1.81. The van der Waals surface area contributed by atoms with E-state index in [1.54, 1.807) is 0 Å². The van der Waals surface area contributed by atoms with Crippen molar-refractivity contribution in [1.29, 1.82) is 0 Å². The summed E-state index contributed by atoms with van der Waals surface area (Å²) in [7, 11) is 0. The molecule has 1 aliphatic carbocycles. The molecule has 0 atom stereocenters. The predicted molar refractivity (Wildman–Crippen MR) is 51.4 cm³/mol. The molecule has 0 saturated heterocycles. The van der Waals surface area contributed by atoms with E-state index in [2.05, 4.69) is 12.2 Å². The van der Waals surface area contributed by atoms with Crippen LogP contribution in [0.3, 0.4) is 0 Å². The summed E-state index contributed by atoms with van der Waals surface area (Å²) >= 11 is 0. The molecule has 2 heteroatoms. The fraction of sp³-hybridized carbons (Fsp3) is 1.00. The van der Waals surface area contributed by atoms with Crippen LogP contribution in [-0.4, -0.2) is 25.8 Å². The van der Waals surface area contributed by atoms with E-state index in [9.17, 15) is 0 Å². The van der Waals surface area contributed by atoms with Gasteiger partial charge in [0.1, 0.15) is 0 Å². The minimum absolute atomic E-state index is 0.787. The van der Waals surface area contributed by atoms with Gasteiger partial charge in [-0.15, -0.1) is 0 Å². The van der Waals surface area contributed by atoms with Crippen molar-refractivity contribution in [1.82, 2.24) is 5.32 Å². The molecule has 2 nitrogen and oxygen atoms in total. The zero-order valence-electron chi connectivity index (χ0n) is 8.14. The zero-order valence-corrected chi connectivity index (χ0v) is 8.14. The van der Waals surface area contributed by atoms with Crippen molar-refractivity contribution < 1.29 is 4.74 Å². The molecule has 72 valence electrons. The van der Waals surface area contributed by atoms with Crippen LogP contribution in [0.5, 0.6) is 0 Å². The molecule has 1 fully saturated rings. The SMILES string of the molecule is CCCOCCNC1CCCC1. The Hall–Kier alpha value is -0.0800. The topological polar surface area (TPSA) is 21.3 Å². The summed E-state index contributed by atoms with van der Waals surface area (Å²) in [4.78, 5) is 0. The normalized spacial score (nSPS) is 18.8. The Morgan fingerprint density at radius 1 is 1.25 bits per heavy atom. The molecule has 1 aliphatic rings. The third-order valence-electron chi connectivity index (χ3n) is 2.38. The highest BCUT2D eigenvalue weighted by molar-refractivity contribution is 4.72. The molecule has 12 heavy (non-hydrogen) atoms. The highest BCUT2D eigenvalue weighted by Gasteiger charge is 2.12. The molecule has 0 aliphatic heterocycles. The Labute approximate surface area is 75.7 Å². The van der Waals surface area contributed by atoms with Crippen LogP contribution in [0, 0.1) is 0 Å². The van der Waals surface area contributed by atoms with Crippen LogP contribution >= 0.6 is 0 Å². The van der Waals surface area contributed by atoms with Crippen molar-refractivity contribution >= 4 is 0 Å². The molecule has 0 spiro atoms. The second kappa shape index (κ2) is 6.44. The molecule has 1 rings (SSSR count). The van der Waals surface area contributed by atoms with Crippen LogP contribution in [0.1, 0.15) is 39.0 Å². The number of hydrogen-bond acceptors (Lipinski definition) is 2. The monoisotopic (exact) mass is 171 g/mol. The van der Waals surface area contributed by atoms with Gasteiger partial charge >= 0.3 is 0 Å². The average Bonchev–Trinajstić information content (AvgIpc) is 2.57. The largest absolute Gasteiger partial charge is 0.380 e. The van der Waals surface area contributed by atoms with Crippen molar-refractivity contribution in [2.24, 2.45) is 0 Å². The lowest BCUT2D eigenvalue weighted by Crippen LogP contribution is -2.29. The van der Waals surface area contributed by atoms with E-state index < -0.39 is 0 Å². The van der Waals surface area contributed by atoms with E-state index in [-0.39, 0.29) is 0 Å². The summed E-state index contributed by atoms with van der Waals surface area (Å²) in [5, 5.41) is 3.52. The molecule has 1 N–H and O–H groups in total. The van der Waals surface area contributed by atoms with Crippen LogP contribution in [0.25, 0.3) is 0 Å². The summed E-state index contributed by atoms with van der Waals surface area (Å²) < 4.78 is 5.38. The Morgan fingerprint density at radius 2 is 2.00 bits per heavy atom. The third-order valence-corrected chi connectivity index (χ3v) is 2.38. The Morgan fingerprint density at radius 3 is 2.67 bits per heavy atom. The zero-order chi connectivity index (χ0) is 8.65. The number of rotatable bonds is 6. The predicted octanol–water partition coefficient (Wildman–Crippen LogP) is 1.95. The standard InChI is InChI=1S/C10H21NO/c1-2-8-12-9-7-11-10-5-3-4-6-10/h10-11H,2-9H2,1H3. The van der Waals surface area contributed by atoms with Gasteiger partial charge in [-0.25, -0.2) is 0 Å². The van der Waals surface area contributed by atoms with E-state index >= 15 is 0 Å². The van der Waals surface area contributed by atoms with Gasteiger partial charge in [0, 0.05) is 19.2 Å². The first-order valence-electron chi connectivity index (χ1n) is 5.24. The van der Waals surface area contributed by atoms with E-state index in [4.69, 9.17) is 4.74 Å². The van der Waals surface area contributed by atoms with E-state index in [0.29, 0.717) is 0 Å². The summed E-state index contributed by atoms with van der Waals surface area (Å²) in [5.41, 5.74) is 0. The smallest absolute Gasteiger partial charge is 0.0590 e. The molecular weight excluding hydrogens is 150 g/mol. The van der Waals surface area contributed by atoms with Gasteiger partial charge in [-0.05, 0) is 19.3 Å². The van der Waals surface area contributed by atoms with Crippen molar-refractivity contribution in [3.8, 4) is 0 Å². The molecule has 0 amide bonds. The maximum Gasteiger partial charge on any atom is 0.0590 e. The lowest BCUT2D eigenvalue weighted by atomic mass is 10.2. The molecule has 0 bridgehead atoms. The van der Waals surface area contributed by atoms with Crippen molar-refractivity contribution in [3.63, 3.8) is 0 Å². The molecule has 0 aromatic rings. The van der Waals surface area contributed by atoms with Gasteiger partial charge in [0.25, 0.3) is 0 Å². The number of hydrogen-bond donors (Lipinski definition) is 1. The quantitative estimate of drug-likeness (QED) is 0.617.